The van der Waals surface area contributed by atoms with Crippen molar-refractivity contribution in [2.24, 2.45) is 12.0 Å². The molecule has 22 heavy (non-hydrogen) atoms. The SMILES string of the molecule is CCNC(=NCc1cnn(C)c1)NCCN(C(C)C)C(C)C. The number of hydrogen-bond donors (Lipinski definition) is 2. The molecule has 0 radical (unpaired) electrons. The highest BCUT2D eigenvalue weighted by atomic mass is 15.2. The fourth-order valence-corrected chi connectivity index (χ4v) is 2.48. The molecule has 0 atom stereocenters. The van der Waals surface area contributed by atoms with Crippen molar-refractivity contribution in [3.8, 4) is 0 Å². The Hall–Kier alpha value is -1.56. The lowest BCUT2D eigenvalue weighted by molar-refractivity contribution is 0.178. The summed E-state index contributed by atoms with van der Waals surface area (Å²) in [6, 6.07) is 1.11. The van der Waals surface area contributed by atoms with E-state index < -0.39 is 0 Å². The van der Waals surface area contributed by atoms with E-state index in [1.54, 1.807) is 4.68 Å². The molecule has 0 bridgehead atoms. The van der Waals surface area contributed by atoms with Gasteiger partial charge in [-0.05, 0) is 34.6 Å². The highest BCUT2D eigenvalue weighted by Gasteiger charge is 2.12. The summed E-state index contributed by atoms with van der Waals surface area (Å²) < 4.78 is 1.80. The Morgan fingerprint density at radius 1 is 1.27 bits per heavy atom. The van der Waals surface area contributed by atoms with E-state index in [-0.39, 0.29) is 0 Å². The molecule has 0 aromatic carbocycles. The molecule has 1 aromatic rings. The van der Waals surface area contributed by atoms with Crippen molar-refractivity contribution in [1.29, 1.82) is 0 Å². The second kappa shape index (κ2) is 9.46. The summed E-state index contributed by atoms with van der Waals surface area (Å²) in [6.07, 6.45) is 3.85. The molecule has 1 aromatic heterocycles. The van der Waals surface area contributed by atoms with Crippen LogP contribution >= 0.6 is 0 Å². The van der Waals surface area contributed by atoms with Crippen LogP contribution in [-0.2, 0) is 13.6 Å². The molecule has 1 rings (SSSR count). The Labute approximate surface area is 135 Å². The molecule has 0 saturated heterocycles. The van der Waals surface area contributed by atoms with Crippen molar-refractivity contribution < 1.29 is 0 Å². The first-order chi connectivity index (χ1) is 10.4. The molecule has 0 unspecified atom stereocenters. The van der Waals surface area contributed by atoms with Gasteiger partial charge in [-0.2, -0.15) is 5.10 Å². The van der Waals surface area contributed by atoms with Gasteiger partial charge in [0, 0.05) is 50.5 Å². The van der Waals surface area contributed by atoms with E-state index in [9.17, 15) is 0 Å². The second-order valence-corrected chi connectivity index (χ2v) is 6.07. The highest BCUT2D eigenvalue weighted by Crippen LogP contribution is 2.03. The van der Waals surface area contributed by atoms with Crippen LogP contribution in [0.25, 0.3) is 0 Å². The van der Waals surface area contributed by atoms with Crippen LogP contribution in [0.15, 0.2) is 17.4 Å². The number of hydrogen-bond acceptors (Lipinski definition) is 3. The Morgan fingerprint density at radius 2 is 1.95 bits per heavy atom. The van der Waals surface area contributed by atoms with Gasteiger partial charge in [0.1, 0.15) is 0 Å². The molecule has 0 aliphatic carbocycles. The molecular weight excluding hydrogens is 276 g/mol. The number of guanidine groups is 1. The van der Waals surface area contributed by atoms with E-state index in [1.807, 2.05) is 19.4 Å². The smallest absolute Gasteiger partial charge is 0.191 e. The first kappa shape index (κ1) is 18.5. The summed E-state index contributed by atoms with van der Waals surface area (Å²) in [6.45, 7) is 14.4. The molecule has 1 heterocycles. The van der Waals surface area contributed by atoms with Crippen LogP contribution in [0.5, 0.6) is 0 Å². The van der Waals surface area contributed by atoms with E-state index in [4.69, 9.17) is 0 Å². The summed E-state index contributed by atoms with van der Waals surface area (Å²) in [5.41, 5.74) is 1.12. The van der Waals surface area contributed by atoms with Gasteiger partial charge < -0.3 is 10.6 Å². The van der Waals surface area contributed by atoms with Gasteiger partial charge >= 0.3 is 0 Å². The first-order valence-corrected chi connectivity index (χ1v) is 8.19. The number of aryl methyl sites for hydroxylation is 1. The van der Waals surface area contributed by atoms with Crippen molar-refractivity contribution >= 4 is 5.96 Å². The maximum absolute atomic E-state index is 4.61. The zero-order valence-corrected chi connectivity index (χ0v) is 14.9. The lowest BCUT2D eigenvalue weighted by Crippen LogP contribution is -2.45. The summed E-state index contributed by atoms with van der Waals surface area (Å²) >= 11 is 0. The van der Waals surface area contributed by atoms with Crippen molar-refractivity contribution in [3.63, 3.8) is 0 Å². The molecule has 6 heteroatoms. The predicted molar refractivity (Wildman–Crippen MR) is 93.0 cm³/mol. The summed E-state index contributed by atoms with van der Waals surface area (Å²) in [5.74, 6) is 0.860. The van der Waals surface area contributed by atoms with E-state index in [0.717, 1.165) is 31.2 Å². The molecule has 0 fully saturated rings. The first-order valence-electron chi connectivity index (χ1n) is 8.19. The van der Waals surface area contributed by atoms with Gasteiger partial charge in [-0.25, -0.2) is 4.99 Å². The van der Waals surface area contributed by atoms with Crippen LogP contribution in [-0.4, -0.2) is 52.4 Å². The van der Waals surface area contributed by atoms with Gasteiger partial charge in [0.2, 0.25) is 0 Å². The number of nitrogens with zero attached hydrogens (tertiary/aromatic N) is 4. The van der Waals surface area contributed by atoms with Gasteiger partial charge in [0.25, 0.3) is 0 Å². The topological polar surface area (TPSA) is 57.5 Å². The average Bonchev–Trinajstić information content (AvgIpc) is 2.85. The van der Waals surface area contributed by atoms with Crippen LogP contribution < -0.4 is 10.6 Å². The van der Waals surface area contributed by atoms with Gasteiger partial charge in [-0.15, -0.1) is 0 Å². The molecule has 126 valence electrons. The molecule has 0 amide bonds. The minimum Gasteiger partial charge on any atom is -0.357 e. The van der Waals surface area contributed by atoms with Gasteiger partial charge in [-0.3, -0.25) is 9.58 Å². The monoisotopic (exact) mass is 308 g/mol. The van der Waals surface area contributed by atoms with E-state index >= 15 is 0 Å². The third kappa shape index (κ3) is 6.47. The van der Waals surface area contributed by atoms with Crippen LogP contribution in [0.1, 0.15) is 40.2 Å². The van der Waals surface area contributed by atoms with Gasteiger partial charge in [0.15, 0.2) is 5.96 Å². The normalized spacial score (nSPS) is 12.5. The largest absolute Gasteiger partial charge is 0.357 e. The summed E-state index contributed by atoms with van der Waals surface area (Å²) in [5, 5.41) is 10.9. The number of aliphatic imine (C=N–C) groups is 1. The number of rotatable bonds is 8. The standard InChI is InChI=1S/C16H32N6/c1-7-17-16(19-10-15-11-20-21(6)12-15)18-8-9-22(13(2)3)14(4)5/h11-14H,7-10H2,1-6H3,(H2,17,18,19). The zero-order chi connectivity index (χ0) is 16.5. The third-order valence-electron chi connectivity index (χ3n) is 3.51. The van der Waals surface area contributed by atoms with E-state index in [0.29, 0.717) is 18.6 Å². The molecule has 0 saturated carbocycles. The minimum atomic E-state index is 0.553. The molecule has 0 aliphatic rings. The minimum absolute atomic E-state index is 0.553. The summed E-state index contributed by atoms with van der Waals surface area (Å²) in [7, 11) is 1.92. The fraction of sp³-hybridized carbons (Fsp3) is 0.750. The van der Waals surface area contributed by atoms with Crippen LogP contribution in [0, 0.1) is 0 Å². The quantitative estimate of drug-likeness (QED) is 0.566. The third-order valence-corrected chi connectivity index (χ3v) is 3.51. The second-order valence-electron chi connectivity index (χ2n) is 6.07. The summed E-state index contributed by atoms with van der Waals surface area (Å²) in [4.78, 5) is 7.08. The van der Waals surface area contributed by atoms with Crippen molar-refractivity contribution in [2.75, 3.05) is 19.6 Å². The Morgan fingerprint density at radius 3 is 2.45 bits per heavy atom. The van der Waals surface area contributed by atoms with Crippen LogP contribution in [0.3, 0.4) is 0 Å². The van der Waals surface area contributed by atoms with Crippen molar-refractivity contribution in [1.82, 2.24) is 25.3 Å². The Balaban J connectivity index is 2.49. The van der Waals surface area contributed by atoms with Crippen molar-refractivity contribution in [2.45, 2.75) is 53.2 Å². The average molecular weight is 308 g/mol. The van der Waals surface area contributed by atoms with Crippen LogP contribution in [0.4, 0.5) is 0 Å². The Bertz CT molecular complexity index is 441. The van der Waals surface area contributed by atoms with Crippen molar-refractivity contribution in [3.05, 3.63) is 18.0 Å². The molecular formula is C16H32N6. The maximum Gasteiger partial charge on any atom is 0.191 e. The van der Waals surface area contributed by atoms with Gasteiger partial charge in [-0.1, -0.05) is 0 Å². The Kier molecular flexibility index (Phi) is 7.95. The zero-order valence-electron chi connectivity index (χ0n) is 14.9. The fourth-order valence-electron chi connectivity index (χ4n) is 2.48. The lowest BCUT2D eigenvalue weighted by atomic mass is 10.2. The molecule has 2 N–H and O–H groups in total. The number of aromatic nitrogens is 2. The molecule has 0 aliphatic heterocycles. The highest BCUT2D eigenvalue weighted by molar-refractivity contribution is 5.79. The van der Waals surface area contributed by atoms with Gasteiger partial charge in [0.05, 0.1) is 12.7 Å². The molecule has 6 nitrogen and oxygen atoms in total. The number of nitrogens with one attached hydrogen (secondary N) is 2. The lowest BCUT2D eigenvalue weighted by Gasteiger charge is -2.30. The van der Waals surface area contributed by atoms with E-state index in [2.05, 4.69) is 60.2 Å². The van der Waals surface area contributed by atoms with E-state index in [1.165, 1.54) is 0 Å². The predicted octanol–water partition coefficient (Wildman–Crippen LogP) is 1.59. The maximum atomic E-state index is 4.61. The molecule has 0 spiro atoms. The van der Waals surface area contributed by atoms with Crippen LogP contribution in [0.2, 0.25) is 0 Å².